The normalized spacial score (nSPS) is 25.5. The molecule has 0 aromatic heterocycles. The van der Waals surface area contributed by atoms with Crippen LogP contribution in [-0.2, 0) is 4.79 Å². The summed E-state index contributed by atoms with van der Waals surface area (Å²) in [6.07, 6.45) is 5.95. The number of ether oxygens (including phenoxy) is 1. The molecule has 0 spiro atoms. The number of piperidine rings is 1. The third kappa shape index (κ3) is 5.37. The molecule has 2 aliphatic rings. The maximum Gasteiger partial charge on any atom is 0.220 e. The highest BCUT2D eigenvalue weighted by Gasteiger charge is 2.33. The molecule has 128 valence electrons. The minimum atomic E-state index is 0. The highest BCUT2D eigenvalue weighted by Crippen LogP contribution is 2.27. The Morgan fingerprint density at radius 1 is 1.26 bits per heavy atom. The number of fused-ring (bicyclic) bond motifs is 2. The number of carbonyl (C=O) groups is 1. The molecule has 0 saturated carbocycles. The van der Waals surface area contributed by atoms with Crippen LogP contribution >= 0.6 is 28.3 Å². The summed E-state index contributed by atoms with van der Waals surface area (Å²) in [6.45, 7) is 0.563. The number of hydrogen-bond donors (Lipinski definition) is 2. The van der Waals surface area contributed by atoms with Gasteiger partial charge in [-0.15, -0.1) is 12.4 Å². The number of para-hydroxylation sites is 1. The van der Waals surface area contributed by atoms with Crippen LogP contribution in [0.1, 0.15) is 38.5 Å². The standard InChI is InChI=1S/C17H23BrN2O2.ClH/c18-15-4-1-2-5-16(15)22-9-3-6-17(21)20-14-10-12-7-8-13(11-14)19-12;/h1-2,4-5,12-14,19H,3,6-11H2,(H,20,21);1H. The van der Waals surface area contributed by atoms with Gasteiger partial charge in [0.1, 0.15) is 5.75 Å². The number of benzene rings is 1. The molecule has 2 fully saturated rings. The van der Waals surface area contributed by atoms with Crippen LogP contribution in [0.3, 0.4) is 0 Å². The van der Waals surface area contributed by atoms with E-state index in [0.717, 1.165) is 29.5 Å². The largest absolute Gasteiger partial charge is 0.492 e. The number of nitrogens with one attached hydrogen (secondary N) is 2. The maximum absolute atomic E-state index is 12.0. The summed E-state index contributed by atoms with van der Waals surface area (Å²) in [5, 5.41) is 6.78. The van der Waals surface area contributed by atoms with Crippen LogP contribution < -0.4 is 15.4 Å². The number of hydrogen-bond acceptors (Lipinski definition) is 3. The molecular formula is C17H24BrClN2O2. The second-order valence-electron chi connectivity index (χ2n) is 6.26. The first-order valence-electron chi connectivity index (χ1n) is 8.13. The van der Waals surface area contributed by atoms with Gasteiger partial charge in [0.25, 0.3) is 0 Å². The molecule has 2 atom stereocenters. The van der Waals surface area contributed by atoms with Crippen molar-refractivity contribution in [1.29, 1.82) is 0 Å². The van der Waals surface area contributed by atoms with Gasteiger partial charge in [-0.05, 0) is 60.2 Å². The number of amides is 1. The van der Waals surface area contributed by atoms with Gasteiger partial charge < -0.3 is 15.4 Å². The number of rotatable bonds is 6. The summed E-state index contributed by atoms with van der Waals surface area (Å²) in [7, 11) is 0. The summed E-state index contributed by atoms with van der Waals surface area (Å²) in [6, 6.07) is 9.36. The molecular weight excluding hydrogens is 380 g/mol. The average Bonchev–Trinajstić information content (AvgIpc) is 2.84. The highest BCUT2D eigenvalue weighted by atomic mass is 79.9. The fourth-order valence-electron chi connectivity index (χ4n) is 3.45. The van der Waals surface area contributed by atoms with Crippen molar-refractivity contribution in [3.05, 3.63) is 28.7 Å². The molecule has 3 rings (SSSR count). The molecule has 2 bridgehead atoms. The third-order valence-corrected chi connectivity index (χ3v) is 5.14. The molecule has 2 unspecified atom stereocenters. The number of carbonyl (C=O) groups excluding carboxylic acids is 1. The van der Waals surface area contributed by atoms with E-state index >= 15 is 0 Å². The fraction of sp³-hybridized carbons (Fsp3) is 0.588. The molecule has 2 heterocycles. The van der Waals surface area contributed by atoms with E-state index in [1.807, 2.05) is 24.3 Å². The summed E-state index contributed by atoms with van der Waals surface area (Å²) in [4.78, 5) is 12.0. The molecule has 2 N–H and O–H groups in total. The van der Waals surface area contributed by atoms with Gasteiger partial charge in [0.15, 0.2) is 0 Å². The van der Waals surface area contributed by atoms with Crippen LogP contribution in [0.4, 0.5) is 0 Å². The Bertz CT molecular complexity index is 517. The van der Waals surface area contributed by atoms with Gasteiger partial charge in [0.05, 0.1) is 11.1 Å². The van der Waals surface area contributed by atoms with Crippen LogP contribution in [0.2, 0.25) is 0 Å². The Morgan fingerprint density at radius 2 is 1.96 bits per heavy atom. The molecule has 0 radical (unpaired) electrons. The molecule has 2 saturated heterocycles. The van der Waals surface area contributed by atoms with Crippen molar-refractivity contribution in [2.75, 3.05) is 6.61 Å². The SMILES string of the molecule is Cl.O=C(CCCOc1ccccc1Br)NC1CC2CCC(C1)N2. The monoisotopic (exact) mass is 402 g/mol. The van der Waals surface area contributed by atoms with Crippen LogP contribution in [0, 0.1) is 0 Å². The minimum Gasteiger partial charge on any atom is -0.492 e. The van der Waals surface area contributed by atoms with Crippen molar-refractivity contribution in [3.63, 3.8) is 0 Å². The van der Waals surface area contributed by atoms with E-state index in [4.69, 9.17) is 4.74 Å². The van der Waals surface area contributed by atoms with E-state index in [9.17, 15) is 4.79 Å². The van der Waals surface area contributed by atoms with Crippen LogP contribution in [0.25, 0.3) is 0 Å². The van der Waals surface area contributed by atoms with Crippen molar-refractivity contribution < 1.29 is 9.53 Å². The molecule has 1 aromatic carbocycles. The van der Waals surface area contributed by atoms with Crippen molar-refractivity contribution in [2.45, 2.75) is 56.7 Å². The summed E-state index contributed by atoms with van der Waals surface area (Å²) in [5.74, 6) is 0.986. The van der Waals surface area contributed by atoms with Crippen LogP contribution in [0.15, 0.2) is 28.7 Å². The Morgan fingerprint density at radius 3 is 2.65 bits per heavy atom. The molecule has 6 heteroatoms. The zero-order valence-electron chi connectivity index (χ0n) is 13.1. The minimum absolute atomic E-state index is 0. The summed E-state index contributed by atoms with van der Waals surface area (Å²) in [5.41, 5.74) is 0. The van der Waals surface area contributed by atoms with Crippen molar-refractivity contribution in [2.24, 2.45) is 0 Å². The molecule has 2 aliphatic heterocycles. The van der Waals surface area contributed by atoms with E-state index in [1.54, 1.807) is 0 Å². The third-order valence-electron chi connectivity index (χ3n) is 4.48. The predicted molar refractivity (Wildman–Crippen MR) is 97.2 cm³/mol. The van der Waals surface area contributed by atoms with E-state index in [-0.39, 0.29) is 18.3 Å². The average molecular weight is 404 g/mol. The predicted octanol–water partition coefficient (Wildman–Crippen LogP) is 3.43. The lowest BCUT2D eigenvalue weighted by atomic mass is 9.99. The van der Waals surface area contributed by atoms with Gasteiger partial charge in [0, 0.05) is 24.5 Å². The quantitative estimate of drug-likeness (QED) is 0.716. The Balaban J connectivity index is 0.00000192. The van der Waals surface area contributed by atoms with Gasteiger partial charge in [-0.2, -0.15) is 0 Å². The lowest BCUT2D eigenvalue weighted by Crippen LogP contribution is -2.48. The molecule has 4 nitrogen and oxygen atoms in total. The Labute approximate surface area is 152 Å². The van der Waals surface area contributed by atoms with Gasteiger partial charge >= 0.3 is 0 Å². The van der Waals surface area contributed by atoms with E-state index < -0.39 is 0 Å². The second kappa shape index (κ2) is 8.90. The smallest absolute Gasteiger partial charge is 0.220 e. The molecule has 1 aromatic rings. The molecule has 23 heavy (non-hydrogen) atoms. The summed E-state index contributed by atoms with van der Waals surface area (Å²) < 4.78 is 6.63. The molecule has 1 amide bonds. The van der Waals surface area contributed by atoms with Crippen molar-refractivity contribution >= 4 is 34.2 Å². The van der Waals surface area contributed by atoms with Crippen LogP contribution in [0.5, 0.6) is 5.75 Å². The van der Waals surface area contributed by atoms with E-state index in [0.29, 0.717) is 31.2 Å². The Hall–Kier alpha value is -0.780. The lowest BCUT2D eigenvalue weighted by molar-refractivity contribution is -0.122. The van der Waals surface area contributed by atoms with Crippen molar-refractivity contribution in [1.82, 2.24) is 10.6 Å². The van der Waals surface area contributed by atoms with Gasteiger partial charge in [-0.1, -0.05) is 12.1 Å². The highest BCUT2D eigenvalue weighted by molar-refractivity contribution is 9.10. The fourth-order valence-corrected chi connectivity index (χ4v) is 3.85. The van der Waals surface area contributed by atoms with Gasteiger partial charge in [-0.25, -0.2) is 0 Å². The number of halogens is 2. The van der Waals surface area contributed by atoms with Crippen molar-refractivity contribution in [3.8, 4) is 5.75 Å². The van der Waals surface area contributed by atoms with E-state index in [1.165, 1.54) is 12.8 Å². The van der Waals surface area contributed by atoms with E-state index in [2.05, 4.69) is 26.6 Å². The first-order valence-corrected chi connectivity index (χ1v) is 8.93. The first-order chi connectivity index (χ1) is 10.7. The van der Waals surface area contributed by atoms with Gasteiger partial charge in [0.2, 0.25) is 5.91 Å². The Kier molecular flexibility index (Phi) is 7.18. The molecule has 0 aliphatic carbocycles. The lowest BCUT2D eigenvalue weighted by Gasteiger charge is -2.29. The van der Waals surface area contributed by atoms with Crippen LogP contribution in [-0.4, -0.2) is 30.6 Å². The second-order valence-corrected chi connectivity index (χ2v) is 7.11. The summed E-state index contributed by atoms with van der Waals surface area (Å²) >= 11 is 3.45. The zero-order valence-corrected chi connectivity index (χ0v) is 15.5. The maximum atomic E-state index is 12.0. The van der Waals surface area contributed by atoms with Gasteiger partial charge in [-0.3, -0.25) is 4.79 Å². The first kappa shape index (κ1) is 18.6. The zero-order chi connectivity index (χ0) is 15.4. The topological polar surface area (TPSA) is 50.4 Å².